The average molecular weight is 200 g/mol. The third-order valence-electron chi connectivity index (χ3n) is 1.41. The molecule has 2 N–H and O–H groups in total. The fourth-order valence-corrected chi connectivity index (χ4v) is 1.60. The maximum Gasteiger partial charge on any atom is 0.309 e. The number of hydrogen-bond donors (Lipinski definition) is 2. The smallest absolute Gasteiger partial charge is 0.309 e. The van der Waals surface area contributed by atoms with Crippen LogP contribution in [-0.2, 0) is 11.2 Å². The lowest BCUT2D eigenvalue weighted by molar-refractivity contribution is -0.136. The van der Waals surface area contributed by atoms with Crippen molar-refractivity contribution < 1.29 is 9.90 Å². The highest BCUT2D eigenvalue weighted by atomic mass is 32.1. The van der Waals surface area contributed by atoms with Crippen LogP contribution in [0, 0.1) is 0 Å². The van der Waals surface area contributed by atoms with E-state index < -0.39 is 5.97 Å². The summed E-state index contributed by atoms with van der Waals surface area (Å²) in [5.41, 5.74) is 0.621. The second kappa shape index (κ2) is 4.81. The topological polar surface area (TPSA) is 62.2 Å². The summed E-state index contributed by atoms with van der Waals surface area (Å²) in [6.07, 6.45) is 1.04. The summed E-state index contributed by atoms with van der Waals surface area (Å²) in [7, 11) is 0. The molecular formula is C8H12N2O2S. The van der Waals surface area contributed by atoms with E-state index in [4.69, 9.17) is 5.11 Å². The molecule has 4 nitrogen and oxygen atoms in total. The van der Waals surface area contributed by atoms with Gasteiger partial charge in [0.25, 0.3) is 0 Å². The number of aromatic nitrogens is 1. The molecule has 72 valence electrons. The van der Waals surface area contributed by atoms with Gasteiger partial charge in [0.15, 0.2) is 5.13 Å². The van der Waals surface area contributed by atoms with Gasteiger partial charge in [0.2, 0.25) is 0 Å². The summed E-state index contributed by atoms with van der Waals surface area (Å²) >= 11 is 1.45. The number of rotatable bonds is 5. The molecule has 0 amide bonds. The van der Waals surface area contributed by atoms with Crippen molar-refractivity contribution in [1.82, 2.24) is 4.98 Å². The molecule has 0 unspecified atom stereocenters. The van der Waals surface area contributed by atoms with Gasteiger partial charge in [-0.3, -0.25) is 4.79 Å². The minimum Gasteiger partial charge on any atom is -0.481 e. The summed E-state index contributed by atoms with van der Waals surface area (Å²) in [4.78, 5) is 14.5. The normalized spacial score (nSPS) is 9.92. The van der Waals surface area contributed by atoms with Crippen LogP contribution in [0.3, 0.4) is 0 Å². The van der Waals surface area contributed by atoms with Crippen molar-refractivity contribution in [3.8, 4) is 0 Å². The van der Waals surface area contributed by atoms with Crippen molar-refractivity contribution in [1.29, 1.82) is 0 Å². The Balaban J connectivity index is 2.48. The van der Waals surface area contributed by atoms with Gasteiger partial charge in [-0.1, -0.05) is 6.92 Å². The monoisotopic (exact) mass is 200 g/mol. The summed E-state index contributed by atoms with van der Waals surface area (Å²) in [6.45, 7) is 2.94. The first-order chi connectivity index (χ1) is 6.22. The molecule has 0 atom stereocenters. The number of anilines is 1. The highest BCUT2D eigenvalue weighted by molar-refractivity contribution is 7.13. The van der Waals surface area contributed by atoms with E-state index in [0.717, 1.165) is 18.1 Å². The zero-order chi connectivity index (χ0) is 9.68. The Bertz CT molecular complexity index is 285. The number of carboxylic acids is 1. The van der Waals surface area contributed by atoms with Crippen molar-refractivity contribution in [2.45, 2.75) is 19.8 Å². The molecule has 0 aliphatic carbocycles. The molecule has 0 radical (unpaired) electrons. The molecule has 0 bridgehead atoms. The van der Waals surface area contributed by atoms with Crippen LogP contribution in [0.4, 0.5) is 5.13 Å². The van der Waals surface area contributed by atoms with Crippen LogP contribution in [0.2, 0.25) is 0 Å². The fourth-order valence-electron chi connectivity index (χ4n) is 0.856. The van der Waals surface area contributed by atoms with Crippen molar-refractivity contribution in [2.75, 3.05) is 11.9 Å². The molecule has 0 aromatic carbocycles. The molecule has 0 aliphatic rings. The van der Waals surface area contributed by atoms with E-state index in [0.29, 0.717) is 5.69 Å². The number of carboxylic acid groups (broad SMARTS) is 1. The van der Waals surface area contributed by atoms with Gasteiger partial charge < -0.3 is 10.4 Å². The van der Waals surface area contributed by atoms with E-state index in [1.165, 1.54) is 11.3 Å². The Morgan fingerprint density at radius 3 is 3.15 bits per heavy atom. The summed E-state index contributed by atoms with van der Waals surface area (Å²) in [6, 6.07) is 0. The van der Waals surface area contributed by atoms with Gasteiger partial charge in [0, 0.05) is 11.9 Å². The van der Waals surface area contributed by atoms with Gasteiger partial charge in [-0.25, -0.2) is 4.98 Å². The number of hydrogen-bond acceptors (Lipinski definition) is 4. The molecule has 0 spiro atoms. The van der Waals surface area contributed by atoms with Gasteiger partial charge in [-0.15, -0.1) is 11.3 Å². The van der Waals surface area contributed by atoms with E-state index >= 15 is 0 Å². The van der Waals surface area contributed by atoms with Gasteiger partial charge in [0.1, 0.15) is 0 Å². The number of carbonyl (C=O) groups is 1. The molecule has 13 heavy (non-hydrogen) atoms. The summed E-state index contributed by atoms with van der Waals surface area (Å²) in [5.74, 6) is -0.840. The Morgan fingerprint density at radius 2 is 2.54 bits per heavy atom. The summed E-state index contributed by atoms with van der Waals surface area (Å²) in [5, 5.41) is 14.2. The number of nitrogens with one attached hydrogen (secondary N) is 1. The van der Waals surface area contributed by atoms with E-state index in [9.17, 15) is 4.79 Å². The van der Waals surface area contributed by atoms with E-state index in [1.54, 1.807) is 5.38 Å². The van der Waals surface area contributed by atoms with Crippen molar-refractivity contribution in [3.05, 3.63) is 11.1 Å². The van der Waals surface area contributed by atoms with Gasteiger partial charge >= 0.3 is 5.97 Å². The number of nitrogens with zero attached hydrogens (tertiary/aromatic N) is 1. The first-order valence-corrected chi connectivity index (χ1v) is 5.00. The maximum absolute atomic E-state index is 10.3. The largest absolute Gasteiger partial charge is 0.481 e. The van der Waals surface area contributed by atoms with Crippen LogP contribution in [0.15, 0.2) is 5.38 Å². The van der Waals surface area contributed by atoms with Crippen LogP contribution in [0.5, 0.6) is 0 Å². The SMILES string of the molecule is CCCNc1nc(CC(=O)O)cs1. The van der Waals surface area contributed by atoms with Crippen LogP contribution >= 0.6 is 11.3 Å². The third kappa shape index (κ3) is 3.42. The Hall–Kier alpha value is -1.10. The Kier molecular flexibility index (Phi) is 3.70. The minimum atomic E-state index is -0.840. The lowest BCUT2D eigenvalue weighted by Gasteiger charge is -1.96. The average Bonchev–Trinajstić information content (AvgIpc) is 2.48. The zero-order valence-electron chi connectivity index (χ0n) is 7.41. The molecule has 0 saturated carbocycles. The molecule has 5 heteroatoms. The number of thiazole rings is 1. The quantitative estimate of drug-likeness (QED) is 0.757. The molecule has 1 aromatic heterocycles. The highest BCUT2D eigenvalue weighted by Crippen LogP contribution is 2.15. The molecule has 0 fully saturated rings. The van der Waals surface area contributed by atoms with E-state index in [-0.39, 0.29) is 6.42 Å². The molecular weight excluding hydrogens is 188 g/mol. The second-order valence-electron chi connectivity index (χ2n) is 2.64. The molecule has 1 rings (SSSR count). The minimum absolute atomic E-state index is 0.00427. The van der Waals surface area contributed by atoms with Crippen molar-refractivity contribution >= 4 is 22.4 Å². The van der Waals surface area contributed by atoms with Crippen LogP contribution in [0.25, 0.3) is 0 Å². The van der Waals surface area contributed by atoms with Gasteiger partial charge in [0.05, 0.1) is 12.1 Å². The Morgan fingerprint density at radius 1 is 1.77 bits per heavy atom. The second-order valence-corrected chi connectivity index (χ2v) is 3.50. The third-order valence-corrected chi connectivity index (χ3v) is 2.26. The van der Waals surface area contributed by atoms with Crippen molar-refractivity contribution in [2.24, 2.45) is 0 Å². The van der Waals surface area contributed by atoms with Crippen LogP contribution in [0.1, 0.15) is 19.0 Å². The lowest BCUT2D eigenvalue weighted by Crippen LogP contribution is -2.02. The Labute approximate surface area is 80.6 Å². The predicted molar refractivity (Wildman–Crippen MR) is 52.2 cm³/mol. The van der Waals surface area contributed by atoms with Crippen molar-refractivity contribution in [3.63, 3.8) is 0 Å². The lowest BCUT2D eigenvalue weighted by atomic mass is 10.3. The zero-order valence-corrected chi connectivity index (χ0v) is 8.23. The van der Waals surface area contributed by atoms with E-state index in [1.807, 2.05) is 0 Å². The fraction of sp³-hybridized carbons (Fsp3) is 0.500. The molecule has 1 heterocycles. The first-order valence-electron chi connectivity index (χ1n) is 4.12. The predicted octanol–water partition coefficient (Wildman–Crippen LogP) is 1.59. The maximum atomic E-state index is 10.3. The summed E-state index contributed by atoms with van der Waals surface area (Å²) < 4.78 is 0. The first kappa shape index (κ1) is 9.98. The highest BCUT2D eigenvalue weighted by Gasteiger charge is 2.04. The van der Waals surface area contributed by atoms with Crippen LogP contribution < -0.4 is 5.32 Å². The molecule has 1 aromatic rings. The number of aliphatic carboxylic acids is 1. The van der Waals surface area contributed by atoms with Crippen LogP contribution in [-0.4, -0.2) is 22.6 Å². The van der Waals surface area contributed by atoms with E-state index in [2.05, 4.69) is 17.2 Å². The standard InChI is InChI=1S/C8H12N2O2S/c1-2-3-9-8-10-6(5-13-8)4-7(11)12/h5H,2-4H2,1H3,(H,9,10)(H,11,12). The molecule has 0 saturated heterocycles. The van der Waals surface area contributed by atoms with Gasteiger partial charge in [-0.05, 0) is 6.42 Å². The van der Waals surface area contributed by atoms with Gasteiger partial charge in [-0.2, -0.15) is 0 Å². The molecule has 0 aliphatic heterocycles.